The van der Waals surface area contributed by atoms with Gasteiger partial charge < -0.3 is 20.6 Å². The summed E-state index contributed by atoms with van der Waals surface area (Å²) in [5, 5.41) is 7.70. The van der Waals surface area contributed by atoms with Crippen LogP contribution in [0.5, 0.6) is 0 Å². The van der Waals surface area contributed by atoms with Crippen molar-refractivity contribution in [1.29, 1.82) is 0 Å². The van der Waals surface area contributed by atoms with Gasteiger partial charge in [-0.3, -0.25) is 4.79 Å². The Hall–Kier alpha value is -3.33. The van der Waals surface area contributed by atoms with Gasteiger partial charge in [0.2, 0.25) is 5.91 Å². The molecule has 2 aliphatic carbocycles. The largest absolute Gasteiger partial charge is 0.356 e. The Kier molecular flexibility index (Phi) is 7.71. The zero-order chi connectivity index (χ0) is 27.8. The molecular weight excluding hydrogens is 508 g/mol. The van der Waals surface area contributed by atoms with E-state index in [9.17, 15) is 22.4 Å². The van der Waals surface area contributed by atoms with E-state index in [0.717, 1.165) is 73.3 Å². The van der Waals surface area contributed by atoms with Crippen LogP contribution in [0.3, 0.4) is 0 Å². The first-order valence-corrected chi connectivity index (χ1v) is 13.6. The number of amides is 1. The monoisotopic (exact) mass is 542 g/mol. The molecule has 0 spiro atoms. The SMILES string of the molecule is CC(=O)NC1CCc2[nH]c3c(F)cc(F)cc3c2C1.CC(C)CNC1CCc2[nH]c3c(F)cc(F)cc3c2C1. The second-order valence-electron chi connectivity index (χ2n) is 11.2. The van der Waals surface area contributed by atoms with Gasteiger partial charge in [0.05, 0.1) is 11.0 Å². The molecule has 0 saturated heterocycles. The number of hydrogen-bond donors (Lipinski definition) is 4. The van der Waals surface area contributed by atoms with E-state index in [1.807, 2.05) is 0 Å². The fourth-order valence-electron chi connectivity index (χ4n) is 5.87. The van der Waals surface area contributed by atoms with Crippen molar-refractivity contribution in [2.75, 3.05) is 6.54 Å². The average molecular weight is 543 g/mol. The minimum atomic E-state index is -0.576. The zero-order valence-corrected chi connectivity index (χ0v) is 22.4. The van der Waals surface area contributed by atoms with Crippen molar-refractivity contribution in [3.63, 3.8) is 0 Å². The van der Waals surface area contributed by atoms with Gasteiger partial charge in [0.15, 0.2) is 0 Å². The lowest BCUT2D eigenvalue weighted by Crippen LogP contribution is -2.37. The van der Waals surface area contributed by atoms with Crippen molar-refractivity contribution in [1.82, 2.24) is 20.6 Å². The van der Waals surface area contributed by atoms with Crippen molar-refractivity contribution < 1.29 is 22.4 Å². The number of carbonyl (C=O) groups is 1. The Morgan fingerprint density at radius 2 is 1.33 bits per heavy atom. The number of aromatic nitrogens is 2. The first-order chi connectivity index (χ1) is 18.6. The van der Waals surface area contributed by atoms with E-state index in [0.29, 0.717) is 40.2 Å². The van der Waals surface area contributed by atoms with Crippen LogP contribution in [0.2, 0.25) is 0 Å². The third-order valence-corrected chi connectivity index (χ3v) is 7.65. The summed E-state index contributed by atoms with van der Waals surface area (Å²) in [5.74, 6) is -1.62. The topological polar surface area (TPSA) is 72.7 Å². The summed E-state index contributed by atoms with van der Waals surface area (Å²) in [7, 11) is 0. The fourth-order valence-corrected chi connectivity index (χ4v) is 5.87. The van der Waals surface area contributed by atoms with Crippen LogP contribution in [-0.4, -0.2) is 34.5 Å². The molecule has 2 aromatic carbocycles. The van der Waals surface area contributed by atoms with Gasteiger partial charge >= 0.3 is 0 Å². The summed E-state index contributed by atoms with van der Waals surface area (Å²) in [4.78, 5) is 17.3. The number of benzene rings is 2. The molecule has 208 valence electrons. The van der Waals surface area contributed by atoms with Crippen LogP contribution in [0.4, 0.5) is 17.6 Å². The lowest BCUT2D eigenvalue weighted by atomic mass is 9.91. The third kappa shape index (κ3) is 5.83. The molecule has 0 saturated carbocycles. The molecule has 5 nitrogen and oxygen atoms in total. The van der Waals surface area contributed by atoms with Crippen molar-refractivity contribution in [3.05, 3.63) is 70.0 Å². The van der Waals surface area contributed by atoms with E-state index in [4.69, 9.17) is 0 Å². The van der Waals surface area contributed by atoms with E-state index < -0.39 is 23.3 Å². The highest BCUT2D eigenvalue weighted by Gasteiger charge is 2.25. The molecule has 6 rings (SSSR count). The zero-order valence-electron chi connectivity index (χ0n) is 22.4. The molecule has 2 atom stereocenters. The quantitative estimate of drug-likeness (QED) is 0.239. The van der Waals surface area contributed by atoms with Crippen LogP contribution in [0.15, 0.2) is 24.3 Å². The first-order valence-electron chi connectivity index (χ1n) is 13.6. The number of rotatable bonds is 4. The molecule has 0 fully saturated rings. The standard InChI is InChI=1S/C16H20F2N2.C14H14F2N2O/c1-9(2)8-19-11-3-4-15-12(7-11)13-5-10(17)6-14(18)16(13)20-15;1-7(19)17-9-2-3-13-10(6-9)11-4-8(15)5-12(16)14(11)18-13/h5-6,9,11,19-20H,3-4,7-8H2,1-2H3;4-5,9,18H,2-3,6H2,1H3,(H,17,19). The molecular formula is C30H34F4N4O. The third-order valence-electron chi connectivity index (χ3n) is 7.65. The molecule has 4 N–H and O–H groups in total. The molecule has 2 heterocycles. The minimum absolute atomic E-state index is 0.0373. The number of aryl methyl sites for hydroxylation is 2. The van der Waals surface area contributed by atoms with Crippen molar-refractivity contribution >= 4 is 27.7 Å². The van der Waals surface area contributed by atoms with Gasteiger partial charge in [-0.05, 0) is 74.2 Å². The van der Waals surface area contributed by atoms with Crippen LogP contribution in [0.1, 0.15) is 56.1 Å². The maximum atomic E-state index is 13.8. The van der Waals surface area contributed by atoms with Crippen molar-refractivity contribution in [3.8, 4) is 0 Å². The lowest BCUT2D eigenvalue weighted by Gasteiger charge is -2.24. The van der Waals surface area contributed by atoms with Crippen LogP contribution >= 0.6 is 0 Å². The van der Waals surface area contributed by atoms with Crippen LogP contribution in [0, 0.1) is 29.2 Å². The Morgan fingerprint density at radius 1 is 0.846 bits per heavy atom. The van der Waals surface area contributed by atoms with E-state index in [1.54, 1.807) is 0 Å². The molecule has 1 amide bonds. The van der Waals surface area contributed by atoms with E-state index in [-0.39, 0.29) is 11.9 Å². The maximum absolute atomic E-state index is 13.8. The van der Waals surface area contributed by atoms with E-state index >= 15 is 0 Å². The number of hydrogen-bond acceptors (Lipinski definition) is 2. The number of aromatic amines is 2. The normalized spacial score (nSPS) is 18.6. The van der Waals surface area contributed by atoms with Gasteiger partial charge in [-0.15, -0.1) is 0 Å². The molecule has 0 radical (unpaired) electrons. The molecule has 0 bridgehead atoms. The molecule has 2 aliphatic rings. The molecule has 2 unspecified atom stereocenters. The number of carbonyl (C=O) groups excluding carboxylic acids is 1. The highest BCUT2D eigenvalue weighted by molar-refractivity contribution is 5.86. The van der Waals surface area contributed by atoms with Crippen LogP contribution < -0.4 is 10.6 Å². The Balaban J connectivity index is 0.000000158. The molecule has 39 heavy (non-hydrogen) atoms. The summed E-state index contributed by atoms with van der Waals surface area (Å²) >= 11 is 0. The highest BCUT2D eigenvalue weighted by Crippen LogP contribution is 2.32. The lowest BCUT2D eigenvalue weighted by molar-refractivity contribution is -0.119. The average Bonchev–Trinajstić information content (AvgIpc) is 3.41. The number of H-pyrrole nitrogens is 2. The molecule has 9 heteroatoms. The number of fused-ring (bicyclic) bond motifs is 6. The van der Waals surface area contributed by atoms with E-state index in [2.05, 4.69) is 34.4 Å². The molecule has 0 aliphatic heterocycles. The maximum Gasteiger partial charge on any atom is 0.217 e. The van der Waals surface area contributed by atoms with Gasteiger partial charge in [0.25, 0.3) is 0 Å². The highest BCUT2D eigenvalue weighted by atomic mass is 19.1. The van der Waals surface area contributed by atoms with Crippen molar-refractivity contribution in [2.24, 2.45) is 5.92 Å². The summed E-state index contributed by atoms with van der Waals surface area (Å²) in [5.41, 5.74) is 4.80. The second-order valence-corrected chi connectivity index (χ2v) is 11.2. The number of nitrogens with one attached hydrogen (secondary N) is 4. The predicted molar refractivity (Wildman–Crippen MR) is 145 cm³/mol. The Bertz CT molecular complexity index is 1520. The first kappa shape index (κ1) is 27.2. The van der Waals surface area contributed by atoms with Crippen LogP contribution in [0.25, 0.3) is 21.8 Å². The molecule has 4 aromatic rings. The summed E-state index contributed by atoms with van der Waals surface area (Å²) in [6.45, 7) is 6.81. The Morgan fingerprint density at radius 3 is 1.82 bits per heavy atom. The number of halogens is 4. The van der Waals surface area contributed by atoms with Gasteiger partial charge in [-0.25, -0.2) is 17.6 Å². The fraction of sp³-hybridized carbons (Fsp3) is 0.433. The van der Waals surface area contributed by atoms with Gasteiger partial charge in [-0.2, -0.15) is 0 Å². The summed E-state index contributed by atoms with van der Waals surface area (Å²) in [6.07, 6.45) is 4.92. The summed E-state index contributed by atoms with van der Waals surface area (Å²) < 4.78 is 54.3. The van der Waals surface area contributed by atoms with E-state index in [1.165, 1.54) is 19.1 Å². The second kappa shape index (κ2) is 11.0. The minimum Gasteiger partial charge on any atom is -0.356 e. The van der Waals surface area contributed by atoms with Gasteiger partial charge in [0.1, 0.15) is 23.3 Å². The Labute approximate surface area is 224 Å². The molecule has 2 aromatic heterocycles. The van der Waals surface area contributed by atoms with Gasteiger partial charge in [0, 0.05) is 53.3 Å². The predicted octanol–water partition coefficient (Wildman–Crippen LogP) is 5.99. The van der Waals surface area contributed by atoms with Crippen molar-refractivity contribution in [2.45, 2.75) is 71.4 Å². The summed E-state index contributed by atoms with van der Waals surface area (Å²) in [6, 6.07) is 5.06. The van der Waals surface area contributed by atoms with Crippen LogP contribution in [-0.2, 0) is 30.5 Å². The smallest absolute Gasteiger partial charge is 0.217 e. The van der Waals surface area contributed by atoms with Gasteiger partial charge in [-0.1, -0.05) is 13.8 Å².